The summed E-state index contributed by atoms with van der Waals surface area (Å²) in [5.41, 5.74) is 16.0. The Bertz CT molecular complexity index is 3160. The highest BCUT2D eigenvalue weighted by atomic mass is 16.3. The first-order valence-electron chi connectivity index (χ1n) is 22.0. The highest BCUT2D eigenvalue weighted by Gasteiger charge is 2.25. The van der Waals surface area contributed by atoms with E-state index in [-0.39, 0.29) is 16.7 Å². The molecule has 0 saturated carbocycles. The maximum atomic E-state index is 11.9. The summed E-state index contributed by atoms with van der Waals surface area (Å²) in [6.45, 7) is 10.3. The monoisotopic (exact) mass is 782 g/mol. The van der Waals surface area contributed by atoms with Gasteiger partial charge in [-0.15, -0.1) is 0 Å². The first kappa shape index (κ1) is 35.0. The number of hydrogen-bond acceptors (Lipinski definition) is 3. The molecule has 4 heteroatoms. The molecule has 0 aliphatic carbocycles. The first-order valence-corrected chi connectivity index (χ1v) is 20.5. The van der Waals surface area contributed by atoms with Gasteiger partial charge in [0.15, 0.2) is 0 Å². The van der Waals surface area contributed by atoms with E-state index in [1.165, 1.54) is 5.56 Å². The molecule has 0 atom stereocenters. The molecule has 9 rings (SSSR count). The van der Waals surface area contributed by atoms with Gasteiger partial charge in [0.25, 0.3) is 0 Å². The number of hydrogen-bond donors (Lipinski definition) is 1. The zero-order valence-corrected chi connectivity index (χ0v) is 34.9. The van der Waals surface area contributed by atoms with Crippen LogP contribution in [0.5, 0.6) is 5.75 Å². The Labute approximate surface area is 357 Å². The van der Waals surface area contributed by atoms with Gasteiger partial charge in [-0.3, -0.25) is 9.55 Å². The summed E-state index contributed by atoms with van der Waals surface area (Å²) in [6, 6.07) is 53.0. The summed E-state index contributed by atoms with van der Waals surface area (Å²) < 4.78 is 28.4. The van der Waals surface area contributed by atoms with Crippen LogP contribution in [0, 0.1) is 27.6 Å². The second-order valence-electron chi connectivity index (χ2n) is 16.9. The molecule has 4 nitrogen and oxygen atoms in total. The van der Waals surface area contributed by atoms with Crippen LogP contribution in [0.3, 0.4) is 0 Å². The van der Waals surface area contributed by atoms with Crippen molar-refractivity contribution in [3.8, 4) is 78.6 Å². The fourth-order valence-corrected chi connectivity index (χ4v) is 8.24. The molecule has 0 aliphatic heterocycles. The molecule has 0 spiro atoms. The van der Waals surface area contributed by atoms with Crippen molar-refractivity contribution in [1.82, 2.24) is 14.5 Å². The van der Waals surface area contributed by atoms with E-state index in [4.69, 9.17) is 14.1 Å². The molecule has 0 aliphatic rings. The van der Waals surface area contributed by atoms with Gasteiger partial charge in [-0.25, -0.2) is 4.98 Å². The highest BCUT2D eigenvalue weighted by Crippen LogP contribution is 2.44. The topological polar surface area (TPSA) is 50.9 Å². The fourth-order valence-electron chi connectivity index (χ4n) is 8.24. The average Bonchev–Trinajstić information content (AvgIpc) is 3.67. The van der Waals surface area contributed by atoms with Gasteiger partial charge in [0.1, 0.15) is 11.6 Å². The molecule has 2 aromatic heterocycles. The zero-order valence-electron chi connectivity index (χ0n) is 37.9. The lowest BCUT2D eigenvalue weighted by Gasteiger charge is -2.22. The highest BCUT2D eigenvalue weighted by molar-refractivity contribution is 5.98. The molecule has 9 aromatic rings. The molecule has 1 N–H and O–H groups in total. The molecule has 0 amide bonds. The molecule has 60 heavy (non-hydrogen) atoms. The van der Waals surface area contributed by atoms with Gasteiger partial charge in [-0.2, -0.15) is 0 Å². The molecule has 294 valence electrons. The normalized spacial score (nSPS) is 12.6. The second kappa shape index (κ2) is 15.3. The van der Waals surface area contributed by atoms with Crippen LogP contribution in [-0.4, -0.2) is 19.6 Å². The van der Waals surface area contributed by atoms with Crippen molar-refractivity contribution in [3.63, 3.8) is 0 Å². The number of aryl methyl sites for hydroxylation is 4. The van der Waals surface area contributed by atoms with E-state index < -0.39 is 6.85 Å². The Morgan fingerprint density at radius 1 is 0.533 bits per heavy atom. The summed E-state index contributed by atoms with van der Waals surface area (Å²) in [6.07, 6.45) is 1.88. The molecule has 7 aromatic carbocycles. The van der Waals surface area contributed by atoms with Crippen LogP contribution in [0.2, 0.25) is 0 Å². The standard InChI is InChI=1S/C56H49N3O/c1-35-21-23-39(24-22-35)42-25-26-57-50(33-42)44-30-43(31-45(32-44)56(5,6)7)46-19-14-20-51-53(46)58-55(49-28-36(2)27-38(4)54(49)60)59(51)52-34-47(40-15-10-8-11-16-40)37(3)29-48(52)41-17-12-9-13-18-41/h8-34,60H,1-7H3/i3D3. The van der Waals surface area contributed by atoms with Crippen LogP contribution in [0.4, 0.5) is 0 Å². The number of phenols is 1. The molecule has 0 unspecified atom stereocenters. The molecular weight excluding hydrogens is 731 g/mol. The number of imidazole rings is 1. The summed E-state index contributed by atoms with van der Waals surface area (Å²) in [5, 5.41) is 11.9. The number of benzene rings is 7. The van der Waals surface area contributed by atoms with Crippen LogP contribution >= 0.6 is 0 Å². The number of nitrogens with zero attached hydrogens (tertiary/aromatic N) is 3. The van der Waals surface area contributed by atoms with E-state index >= 15 is 0 Å². The number of aromatic nitrogens is 3. The lowest BCUT2D eigenvalue weighted by atomic mass is 9.83. The van der Waals surface area contributed by atoms with Gasteiger partial charge in [-0.05, 0) is 137 Å². The van der Waals surface area contributed by atoms with Gasteiger partial charge < -0.3 is 5.11 Å². The third kappa shape index (κ3) is 7.20. The van der Waals surface area contributed by atoms with Crippen LogP contribution in [-0.2, 0) is 5.41 Å². The van der Waals surface area contributed by atoms with Crippen LogP contribution in [0.15, 0.2) is 164 Å². The maximum absolute atomic E-state index is 11.9. The molecule has 2 heterocycles. The second-order valence-corrected chi connectivity index (χ2v) is 16.9. The van der Waals surface area contributed by atoms with Crippen LogP contribution in [0.1, 0.15) is 52.7 Å². The molecular formula is C56H49N3O. The molecule has 0 saturated heterocycles. The third-order valence-corrected chi connectivity index (χ3v) is 11.5. The summed E-state index contributed by atoms with van der Waals surface area (Å²) >= 11 is 0. The first-order chi connectivity index (χ1) is 30.1. The van der Waals surface area contributed by atoms with Gasteiger partial charge in [-0.1, -0.05) is 136 Å². The Hall–Kier alpha value is -7.04. The minimum absolute atomic E-state index is 0.138. The van der Waals surface area contributed by atoms with Gasteiger partial charge >= 0.3 is 0 Å². The SMILES string of the molecule is [2H]C([2H])([2H])c1cc(-c2ccccc2)c(-n2c(-c3cc(C)cc(C)c3O)nc3c(-c4cc(-c5cc(-c6ccc(C)cc6)ccn5)cc(C(C)(C)C)c4)cccc32)cc1-c1ccccc1. The van der Waals surface area contributed by atoms with E-state index in [9.17, 15) is 5.11 Å². The van der Waals surface area contributed by atoms with Crippen molar-refractivity contribution < 1.29 is 9.22 Å². The predicted molar refractivity (Wildman–Crippen MR) is 251 cm³/mol. The minimum Gasteiger partial charge on any atom is -0.507 e. The van der Waals surface area contributed by atoms with Gasteiger partial charge in [0.05, 0.1) is 28.0 Å². The van der Waals surface area contributed by atoms with Crippen molar-refractivity contribution in [2.75, 3.05) is 0 Å². The van der Waals surface area contributed by atoms with Crippen molar-refractivity contribution in [2.45, 2.75) is 53.8 Å². The van der Waals surface area contributed by atoms with Crippen molar-refractivity contribution in [2.24, 2.45) is 0 Å². The van der Waals surface area contributed by atoms with Crippen LogP contribution < -0.4 is 0 Å². The number of phenolic OH excluding ortho intramolecular Hbond substituents is 1. The molecule has 0 fully saturated rings. The van der Waals surface area contributed by atoms with Crippen molar-refractivity contribution in [1.29, 1.82) is 0 Å². The number of aromatic hydroxyl groups is 1. The van der Waals surface area contributed by atoms with E-state index in [1.54, 1.807) is 0 Å². The summed E-state index contributed by atoms with van der Waals surface area (Å²) in [7, 11) is 0. The Morgan fingerprint density at radius 3 is 1.93 bits per heavy atom. The maximum Gasteiger partial charge on any atom is 0.149 e. The largest absolute Gasteiger partial charge is 0.507 e. The Balaban J connectivity index is 1.36. The van der Waals surface area contributed by atoms with E-state index in [2.05, 4.69) is 105 Å². The lowest BCUT2D eigenvalue weighted by Crippen LogP contribution is -2.11. The fraction of sp³-hybridized carbons (Fsp3) is 0.143. The number of fused-ring (bicyclic) bond motifs is 1. The van der Waals surface area contributed by atoms with Gasteiger partial charge in [0, 0.05) is 27.0 Å². The number of pyridine rings is 1. The van der Waals surface area contributed by atoms with E-state index in [0.717, 1.165) is 83.6 Å². The Kier molecular flexibility index (Phi) is 8.90. The quantitative estimate of drug-likeness (QED) is 0.175. The smallest absolute Gasteiger partial charge is 0.149 e. The van der Waals surface area contributed by atoms with E-state index in [1.807, 2.05) is 105 Å². The van der Waals surface area contributed by atoms with Gasteiger partial charge in [0.2, 0.25) is 0 Å². The molecule has 0 radical (unpaired) electrons. The average molecular weight is 783 g/mol. The summed E-state index contributed by atoms with van der Waals surface area (Å²) in [5.74, 6) is 0.679. The predicted octanol–water partition coefficient (Wildman–Crippen LogP) is 14.7. The zero-order chi connectivity index (χ0) is 44.2. The minimum atomic E-state index is -2.41. The van der Waals surface area contributed by atoms with Crippen molar-refractivity contribution in [3.05, 3.63) is 192 Å². The number of para-hydroxylation sites is 1. The van der Waals surface area contributed by atoms with Crippen LogP contribution in [0.25, 0.3) is 83.9 Å². The van der Waals surface area contributed by atoms with E-state index in [0.29, 0.717) is 17.0 Å². The lowest BCUT2D eigenvalue weighted by molar-refractivity contribution is 0.472. The molecule has 0 bridgehead atoms. The third-order valence-electron chi connectivity index (χ3n) is 11.5. The van der Waals surface area contributed by atoms with Crippen molar-refractivity contribution >= 4 is 11.0 Å². The number of rotatable bonds is 7. The Morgan fingerprint density at radius 2 is 1.23 bits per heavy atom. The summed E-state index contributed by atoms with van der Waals surface area (Å²) in [4.78, 5) is 10.4.